The lowest BCUT2D eigenvalue weighted by atomic mass is 10.1. The van der Waals surface area contributed by atoms with Crippen LogP contribution in [0.2, 0.25) is 0 Å². The molecule has 0 aliphatic rings. The van der Waals surface area contributed by atoms with E-state index in [1.54, 1.807) is 4.68 Å². The highest BCUT2D eigenvalue weighted by atomic mass is 19.1. The van der Waals surface area contributed by atoms with Gasteiger partial charge in [-0.05, 0) is 45.0 Å². The van der Waals surface area contributed by atoms with Crippen LogP contribution in [0.5, 0.6) is 0 Å². The Morgan fingerprint density at radius 3 is 2.59 bits per heavy atom. The molecule has 0 saturated carbocycles. The van der Waals surface area contributed by atoms with Crippen LogP contribution in [-0.2, 0) is 5.54 Å². The lowest BCUT2D eigenvalue weighted by Crippen LogP contribution is -2.29. The number of anilines is 1. The quantitative estimate of drug-likeness (QED) is 0.593. The third-order valence-electron chi connectivity index (χ3n) is 3.88. The van der Waals surface area contributed by atoms with Gasteiger partial charge in [-0.15, -0.1) is 0 Å². The molecule has 3 aromatic rings. The molecule has 0 radical (unpaired) electrons. The fourth-order valence-electron chi connectivity index (χ4n) is 2.55. The van der Waals surface area contributed by atoms with Gasteiger partial charge < -0.3 is 10.6 Å². The number of benzene rings is 1. The fourth-order valence-corrected chi connectivity index (χ4v) is 2.55. The Hall–Kier alpha value is -3.23. The van der Waals surface area contributed by atoms with Crippen molar-refractivity contribution < 1.29 is 9.18 Å². The number of hydrogen-bond donors (Lipinski definition) is 3. The van der Waals surface area contributed by atoms with Gasteiger partial charge in [-0.25, -0.2) is 9.07 Å². The van der Waals surface area contributed by atoms with Crippen LogP contribution in [0.3, 0.4) is 0 Å². The number of carbonyl (C=O) groups excluding carboxylic acids is 1. The summed E-state index contributed by atoms with van der Waals surface area (Å²) in [5.74, 6) is -0.401. The predicted octanol–water partition coefficient (Wildman–Crippen LogP) is 1.86. The van der Waals surface area contributed by atoms with E-state index in [-0.39, 0.29) is 17.0 Å². The van der Waals surface area contributed by atoms with Crippen LogP contribution < -0.4 is 16.2 Å². The van der Waals surface area contributed by atoms with Gasteiger partial charge in [0, 0.05) is 18.7 Å². The SMILES string of the molecule is CC(C)(C)n1ncc2c(=O)[nH]c(NCCNC(=O)c3ccc(F)cc3)nc21. The maximum atomic E-state index is 12.9. The summed E-state index contributed by atoms with van der Waals surface area (Å²) < 4.78 is 14.6. The maximum Gasteiger partial charge on any atom is 0.263 e. The standard InChI is InChI=1S/C18H21FN6O2/c1-18(2,3)25-14-13(10-22-25)16(27)24-17(23-14)21-9-8-20-15(26)11-4-6-12(19)7-5-11/h4-7,10H,8-9H2,1-3H3,(H,20,26)(H2,21,23,24,27). The second-order valence-corrected chi connectivity index (χ2v) is 7.07. The molecule has 9 heteroatoms. The largest absolute Gasteiger partial charge is 0.354 e. The second-order valence-electron chi connectivity index (χ2n) is 7.07. The number of hydrogen-bond acceptors (Lipinski definition) is 5. The van der Waals surface area contributed by atoms with Crippen molar-refractivity contribution in [2.75, 3.05) is 18.4 Å². The molecule has 2 aromatic heterocycles. The van der Waals surface area contributed by atoms with Gasteiger partial charge in [-0.3, -0.25) is 14.6 Å². The normalized spacial score (nSPS) is 11.6. The number of amides is 1. The Labute approximate surface area is 154 Å². The van der Waals surface area contributed by atoms with E-state index < -0.39 is 5.82 Å². The van der Waals surface area contributed by atoms with Crippen molar-refractivity contribution in [3.05, 3.63) is 52.2 Å². The smallest absolute Gasteiger partial charge is 0.263 e. The number of nitrogens with one attached hydrogen (secondary N) is 3. The Kier molecular flexibility index (Phi) is 4.93. The summed E-state index contributed by atoms with van der Waals surface area (Å²) in [7, 11) is 0. The van der Waals surface area contributed by atoms with Crippen LogP contribution in [-0.4, -0.2) is 38.7 Å². The number of carbonyl (C=O) groups is 1. The van der Waals surface area contributed by atoms with Crippen LogP contribution in [0.1, 0.15) is 31.1 Å². The average molecular weight is 372 g/mol. The molecule has 0 saturated heterocycles. The van der Waals surface area contributed by atoms with E-state index in [1.807, 2.05) is 20.8 Å². The highest BCUT2D eigenvalue weighted by molar-refractivity contribution is 5.94. The van der Waals surface area contributed by atoms with Gasteiger partial charge in [0.05, 0.1) is 11.7 Å². The Bertz CT molecular complexity index is 1020. The molecule has 27 heavy (non-hydrogen) atoms. The molecule has 0 fully saturated rings. The Morgan fingerprint density at radius 2 is 1.93 bits per heavy atom. The number of halogens is 1. The van der Waals surface area contributed by atoms with Crippen molar-refractivity contribution in [1.29, 1.82) is 0 Å². The maximum absolute atomic E-state index is 12.9. The molecule has 1 amide bonds. The lowest BCUT2D eigenvalue weighted by molar-refractivity contribution is 0.0955. The molecular formula is C18H21FN6O2. The number of fused-ring (bicyclic) bond motifs is 1. The zero-order valence-electron chi connectivity index (χ0n) is 15.3. The van der Waals surface area contributed by atoms with Gasteiger partial charge in [0.15, 0.2) is 5.65 Å². The number of nitrogens with zero attached hydrogens (tertiary/aromatic N) is 3. The molecule has 0 unspecified atom stereocenters. The number of aromatic amines is 1. The predicted molar refractivity (Wildman–Crippen MR) is 100 cm³/mol. The monoisotopic (exact) mass is 372 g/mol. The van der Waals surface area contributed by atoms with Gasteiger partial charge in [0.25, 0.3) is 11.5 Å². The highest BCUT2D eigenvalue weighted by Gasteiger charge is 2.19. The first kappa shape index (κ1) is 18.6. The summed E-state index contributed by atoms with van der Waals surface area (Å²) in [5.41, 5.74) is 0.263. The van der Waals surface area contributed by atoms with Crippen molar-refractivity contribution in [3.8, 4) is 0 Å². The molecule has 0 bridgehead atoms. The van der Waals surface area contributed by atoms with Crippen molar-refractivity contribution >= 4 is 22.9 Å². The van der Waals surface area contributed by atoms with Crippen LogP contribution in [0, 0.1) is 5.82 Å². The minimum atomic E-state index is -0.395. The van der Waals surface area contributed by atoms with Crippen molar-refractivity contribution in [1.82, 2.24) is 25.1 Å². The summed E-state index contributed by atoms with van der Waals surface area (Å²) in [6, 6.07) is 5.29. The summed E-state index contributed by atoms with van der Waals surface area (Å²) in [6.07, 6.45) is 1.50. The Balaban J connectivity index is 1.64. The van der Waals surface area contributed by atoms with Gasteiger partial charge in [-0.1, -0.05) is 0 Å². The molecule has 2 heterocycles. The van der Waals surface area contributed by atoms with E-state index >= 15 is 0 Å². The Morgan fingerprint density at radius 1 is 1.22 bits per heavy atom. The molecule has 142 valence electrons. The molecule has 0 aliphatic carbocycles. The lowest BCUT2D eigenvalue weighted by Gasteiger charge is -2.19. The molecule has 0 spiro atoms. The van der Waals surface area contributed by atoms with Crippen LogP contribution >= 0.6 is 0 Å². The minimum absolute atomic E-state index is 0.284. The van der Waals surface area contributed by atoms with Crippen molar-refractivity contribution in [2.24, 2.45) is 0 Å². The number of aromatic nitrogens is 4. The van der Waals surface area contributed by atoms with E-state index in [0.717, 1.165) is 0 Å². The van der Waals surface area contributed by atoms with Crippen LogP contribution in [0.15, 0.2) is 35.3 Å². The summed E-state index contributed by atoms with van der Waals surface area (Å²) in [4.78, 5) is 31.3. The van der Waals surface area contributed by atoms with E-state index in [1.165, 1.54) is 30.5 Å². The topological polar surface area (TPSA) is 105 Å². The van der Waals surface area contributed by atoms with Crippen molar-refractivity contribution in [2.45, 2.75) is 26.3 Å². The van der Waals surface area contributed by atoms with Gasteiger partial charge >= 0.3 is 0 Å². The van der Waals surface area contributed by atoms with E-state index in [0.29, 0.717) is 35.6 Å². The second kappa shape index (κ2) is 7.18. The summed E-state index contributed by atoms with van der Waals surface area (Å²) in [6.45, 7) is 6.57. The molecule has 0 atom stereocenters. The summed E-state index contributed by atoms with van der Waals surface area (Å²) >= 11 is 0. The first-order valence-electron chi connectivity index (χ1n) is 8.52. The molecule has 0 aliphatic heterocycles. The zero-order chi connectivity index (χ0) is 19.6. The van der Waals surface area contributed by atoms with E-state index in [4.69, 9.17) is 0 Å². The van der Waals surface area contributed by atoms with Crippen molar-refractivity contribution in [3.63, 3.8) is 0 Å². The first-order valence-corrected chi connectivity index (χ1v) is 8.52. The van der Waals surface area contributed by atoms with Crippen LogP contribution in [0.25, 0.3) is 11.0 Å². The molecule has 3 N–H and O–H groups in total. The third kappa shape index (κ3) is 4.13. The molecule has 8 nitrogen and oxygen atoms in total. The van der Waals surface area contributed by atoms with E-state index in [2.05, 4.69) is 25.7 Å². The highest BCUT2D eigenvalue weighted by Crippen LogP contribution is 2.18. The van der Waals surface area contributed by atoms with Gasteiger partial charge in [0.2, 0.25) is 5.95 Å². The summed E-state index contributed by atoms with van der Waals surface area (Å²) in [5, 5.41) is 10.4. The average Bonchev–Trinajstić information content (AvgIpc) is 3.04. The van der Waals surface area contributed by atoms with E-state index in [9.17, 15) is 14.0 Å². The van der Waals surface area contributed by atoms with Gasteiger partial charge in [-0.2, -0.15) is 10.1 Å². The number of H-pyrrole nitrogens is 1. The molecular weight excluding hydrogens is 351 g/mol. The fraction of sp³-hybridized carbons (Fsp3) is 0.333. The minimum Gasteiger partial charge on any atom is -0.354 e. The van der Waals surface area contributed by atoms with Crippen LogP contribution in [0.4, 0.5) is 10.3 Å². The third-order valence-corrected chi connectivity index (χ3v) is 3.88. The first-order chi connectivity index (χ1) is 12.8. The molecule has 3 rings (SSSR count). The number of rotatable bonds is 5. The van der Waals surface area contributed by atoms with Gasteiger partial charge in [0.1, 0.15) is 11.2 Å². The zero-order valence-corrected chi connectivity index (χ0v) is 15.3. The molecule has 1 aromatic carbocycles.